The molecule has 0 unspecified atom stereocenters. The zero-order valence-corrected chi connectivity index (χ0v) is 18.4. The monoisotopic (exact) mass is 426 g/mol. The van der Waals surface area contributed by atoms with Gasteiger partial charge in [-0.1, -0.05) is 6.07 Å². The molecule has 5 nitrogen and oxygen atoms in total. The Hall–Kier alpha value is -2.22. The van der Waals surface area contributed by atoms with Crippen LogP contribution in [0.4, 0.5) is 5.69 Å². The quantitative estimate of drug-likeness (QED) is 0.637. The molecule has 3 aromatic rings. The van der Waals surface area contributed by atoms with Crippen LogP contribution in [0.15, 0.2) is 47.2 Å². The molecule has 1 aliphatic heterocycles. The minimum absolute atomic E-state index is 0.0451. The number of piperidine rings is 1. The van der Waals surface area contributed by atoms with E-state index in [4.69, 9.17) is 4.98 Å². The third-order valence-electron chi connectivity index (χ3n) is 5.24. The van der Waals surface area contributed by atoms with E-state index in [2.05, 4.69) is 45.2 Å². The highest BCUT2D eigenvalue weighted by atomic mass is 32.1. The van der Waals surface area contributed by atoms with Gasteiger partial charge in [0.1, 0.15) is 5.01 Å². The van der Waals surface area contributed by atoms with Crippen molar-refractivity contribution < 1.29 is 4.79 Å². The molecule has 4 rings (SSSR count). The third-order valence-corrected chi connectivity index (χ3v) is 7.17. The smallest absolute Gasteiger partial charge is 0.253 e. The van der Waals surface area contributed by atoms with Crippen LogP contribution in [0.5, 0.6) is 0 Å². The molecule has 152 valence electrons. The number of nitrogens with one attached hydrogen (secondary N) is 1. The second kappa shape index (κ2) is 9.07. The lowest BCUT2D eigenvalue weighted by Crippen LogP contribution is -2.42. The van der Waals surface area contributed by atoms with E-state index in [0.29, 0.717) is 6.04 Å². The van der Waals surface area contributed by atoms with Gasteiger partial charge in [-0.2, -0.15) is 0 Å². The summed E-state index contributed by atoms with van der Waals surface area (Å²) in [6.45, 7) is 2.88. The van der Waals surface area contributed by atoms with Gasteiger partial charge in [0, 0.05) is 56.4 Å². The Morgan fingerprint density at radius 2 is 1.93 bits per heavy atom. The lowest BCUT2D eigenvalue weighted by atomic mass is 10.0. The van der Waals surface area contributed by atoms with Crippen molar-refractivity contribution in [3.05, 3.63) is 58.4 Å². The van der Waals surface area contributed by atoms with E-state index in [-0.39, 0.29) is 5.91 Å². The van der Waals surface area contributed by atoms with Crippen LogP contribution in [0.25, 0.3) is 9.88 Å². The van der Waals surface area contributed by atoms with Gasteiger partial charge in [0.15, 0.2) is 0 Å². The number of carbonyl (C=O) groups excluding carboxylic acids is 1. The fourth-order valence-electron chi connectivity index (χ4n) is 3.57. The molecule has 1 aliphatic rings. The zero-order chi connectivity index (χ0) is 20.2. The molecule has 1 aromatic carbocycles. The molecule has 1 fully saturated rings. The first-order chi connectivity index (χ1) is 14.1. The SMILES string of the molecule is CN(C)C(=O)c1ccc(N2CCC(NCc3csc(-c4cccs4)n3)CC2)cc1. The van der Waals surface area contributed by atoms with Crippen LogP contribution in [0.1, 0.15) is 28.9 Å². The number of rotatable bonds is 6. The summed E-state index contributed by atoms with van der Waals surface area (Å²) in [5, 5.41) is 9.04. The van der Waals surface area contributed by atoms with Crippen LogP contribution in [-0.2, 0) is 6.54 Å². The van der Waals surface area contributed by atoms with E-state index in [1.54, 1.807) is 41.7 Å². The van der Waals surface area contributed by atoms with Crippen molar-refractivity contribution in [1.82, 2.24) is 15.2 Å². The summed E-state index contributed by atoms with van der Waals surface area (Å²) in [6.07, 6.45) is 2.22. The van der Waals surface area contributed by atoms with Crippen molar-refractivity contribution in [3.8, 4) is 9.88 Å². The molecular formula is C22H26N4OS2. The maximum Gasteiger partial charge on any atom is 0.253 e. The number of amides is 1. The van der Waals surface area contributed by atoms with Gasteiger partial charge in [0.2, 0.25) is 0 Å². The Morgan fingerprint density at radius 3 is 2.59 bits per heavy atom. The molecule has 0 spiro atoms. The van der Waals surface area contributed by atoms with Gasteiger partial charge in [0.05, 0.1) is 10.6 Å². The fraction of sp³-hybridized carbons (Fsp3) is 0.364. The van der Waals surface area contributed by atoms with Crippen molar-refractivity contribution in [1.29, 1.82) is 0 Å². The molecule has 0 aliphatic carbocycles. The number of benzene rings is 1. The van der Waals surface area contributed by atoms with Crippen LogP contribution in [0.3, 0.4) is 0 Å². The van der Waals surface area contributed by atoms with Crippen molar-refractivity contribution in [3.63, 3.8) is 0 Å². The summed E-state index contributed by atoms with van der Waals surface area (Å²) in [5.74, 6) is 0.0451. The highest BCUT2D eigenvalue weighted by Crippen LogP contribution is 2.28. The Labute approximate surface area is 180 Å². The van der Waals surface area contributed by atoms with Crippen molar-refractivity contribution in [2.24, 2.45) is 0 Å². The molecule has 0 atom stereocenters. The predicted octanol–water partition coefficient (Wildman–Crippen LogP) is 4.33. The van der Waals surface area contributed by atoms with E-state index in [1.165, 1.54) is 10.6 Å². The molecular weight excluding hydrogens is 400 g/mol. The molecule has 29 heavy (non-hydrogen) atoms. The normalized spacial score (nSPS) is 14.9. The van der Waals surface area contributed by atoms with Crippen LogP contribution in [-0.4, -0.2) is 49.0 Å². The highest BCUT2D eigenvalue weighted by molar-refractivity contribution is 7.20. The maximum absolute atomic E-state index is 12.0. The number of aromatic nitrogens is 1. The Balaban J connectivity index is 1.26. The molecule has 1 saturated heterocycles. The molecule has 3 heterocycles. The lowest BCUT2D eigenvalue weighted by molar-refractivity contribution is 0.0827. The standard InChI is InChI=1S/C22H26N4OS2/c1-25(2)22(27)16-5-7-19(8-6-16)26-11-9-17(10-12-26)23-14-18-15-29-21(24-18)20-4-3-13-28-20/h3-8,13,15,17,23H,9-12,14H2,1-2H3. The third kappa shape index (κ3) is 4.86. The van der Waals surface area contributed by atoms with Gasteiger partial charge in [-0.05, 0) is 48.6 Å². The summed E-state index contributed by atoms with van der Waals surface area (Å²) in [6, 6.07) is 12.7. The summed E-state index contributed by atoms with van der Waals surface area (Å²) >= 11 is 3.46. The van der Waals surface area contributed by atoms with Crippen LogP contribution < -0.4 is 10.2 Å². The Morgan fingerprint density at radius 1 is 1.17 bits per heavy atom. The average molecular weight is 427 g/mol. The number of thiazole rings is 1. The first-order valence-corrected chi connectivity index (χ1v) is 11.6. The molecule has 7 heteroatoms. The Bertz CT molecular complexity index is 926. The van der Waals surface area contributed by atoms with Crippen molar-refractivity contribution >= 4 is 34.3 Å². The minimum atomic E-state index is 0.0451. The first-order valence-electron chi connectivity index (χ1n) is 9.88. The second-order valence-electron chi connectivity index (χ2n) is 7.51. The van der Waals surface area contributed by atoms with Gasteiger partial charge >= 0.3 is 0 Å². The van der Waals surface area contributed by atoms with E-state index in [1.807, 2.05) is 12.1 Å². The van der Waals surface area contributed by atoms with Crippen LogP contribution in [0, 0.1) is 0 Å². The average Bonchev–Trinajstić information content (AvgIpc) is 3.44. The molecule has 2 aromatic heterocycles. The van der Waals surface area contributed by atoms with Crippen LogP contribution in [0.2, 0.25) is 0 Å². The number of hydrogen-bond donors (Lipinski definition) is 1. The van der Waals surface area contributed by atoms with E-state index >= 15 is 0 Å². The molecule has 0 bridgehead atoms. The minimum Gasteiger partial charge on any atom is -0.371 e. The summed E-state index contributed by atoms with van der Waals surface area (Å²) in [4.78, 5) is 22.0. The predicted molar refractivity (Wildman–Crippen MR) is 122 cm³/mol. The number of thiophene rings is 1. The number of nitrogens with zero attached hydrogens (tertiary/aromatic N) is 3. The summed E-state index contributed by atoms with van der Waals surface area (Å²) in [5.41, 5.74) is 3.06. The van der Waals surface area contributed by atoms with Gasteiger partial charge in [-0.15, -0.1) is 22.7 Å². The topological polar surface area (TPSA) is 48.5 Å². The van der Waals surface area contributed by atoms with E-state index < -0.39 is 0 Å². The van der Waals surface area contributed by atoms with Crippen molar-refractivity contribution in [2.75, 3.05) is 32.1 Å². The number of anilines is 1. The van der Waals surface area contributed by atoms with Gasteiger partial charge in [0.25, 0.3) is 5.91 Å². The second-order valence-corrected chi connectivity index (χ2v) is 9.32. The summed E-state index contributed by atoms with van der Waals surface area (Å²) < 4.78 is 0. The number of hydrogen-bond acceptors (Lipinski definition) is 6. The largest absolute Gasteiger partial charge is 0.371 e. The lowest BCUT2D eigenvalue weighted by Gasteiger charge is -2.34. The van der Waals surface area contributed by atoms with Crippen molar-refractivity contribution in [2.45, 2.75) is 25.4 Å². The van der Waals surface area contributed by atoms with Gasteiger partial charge in [-0.25, -0.2) is 4.98 Å². The zero-order valence-electron chi connectivity index (χ0n) is 16.8. The van der Waals surface area contributed by atoms with Gasteiger partial charge < -0.3 is 15.1 Å². The highest BCUT2D eigenvalue weighted by Gasteiger charge is 2.20. The van der Waals surface area contributed by atoms with Crippen LogP contribution >= 0.6 is 22.7 Å². The maximum atomic E-state index is 12.0. The first kappa shape index (κ1) is 20.1. The molecule has 0 radical (unpaired) electrons. The van der Waals surface area contributed by atoms with Gasteiger partial charge in [-0.3, -0.25) is 4.79 Å². The number of carbonyl (C=O) groups is 1. The molecule has 0 saturated carbocycles. The Kier molecular flexibility index (Phi) is 6.28. The molecule has 1 N–H and O–H groups in total. The fourth-order valence-corrected chi connectivity index (χ4v) is 5.20. The van der Waals surface area contributed by atoms with E-state index in [0.717, 1.165) is 48.7 Å². The molecule has 1 amide bonds. The van der Waals surface area contributed by atoms with E-state index in [9.17, 15) is 4.79 Å². The summed E-state index contributed by atoms with van der Waals surface area (Å²) in [7, 11) is 3.56.